The molecule has 0 heterocycles. The first-order valence-electron chi connectivity index (χ1n) is 16.4. The quantitative estimate of drug-likeness (QED) is 0.0999. The SMILES string of the molecule is CC(C)(C)OC(=O)[C@H](CCCCNC(=O)CCCCC(=O)OCc1ccccc1)NC(=O)OCC1c2ccccc2-c2ccccc21. The first-order chi connectivity index (χ1) is 22.6. The highest BCUT2D eigenvalue weighted by Gasteiger charge is 2.31. The maximum Gasteiger partial charge on any atom is 0.407 e. The van der Waals surface area contributed by atoms with E-state index in [0.29, 0.717) is 45.1 Å². The third-order valence-corrected chi connectivity index (χ3v) is 7.85. The summed E-state index contributed by atoms with van der Waals surface area (Å²) in [7, 11) is 0. The Balaban J connectivity index is 1.16. The average Bonchev–Trinajstić information content (AvgIpc) is 3.37. The second kappa shape index (κ2) is 17.3. The second-order valence-corrected chi connectivity index (χ2v) is 12.8. The lowest BCUT2D eigenvalue weighted by Crippen LogP contribution is -2.44. The van der Waals surface area contributed by atoms with Gasteiger partial charge in [-0.05, 0) is 80.7 Å². The molecule has 0 aromatic heterocycles. The molecule has 0 saturated heterocycles. The van der Waals surface area contributed by atoms with Gasteiger partial charge in [0.2, 0.25) is 5.91 Å². The highest BCUT2D eigenvalue weighted by Crippen LogP contribution is 2.44. The summed E-state index contributed by atoms with van der Waals surface area (Å²) in [4.78, 5) is 50.1. The number of hydrogen-bond acceptors (Lipinski definition) is 7. The van der Waals surface area contributed by atoms with Gasteiger partial charge in [-0.15, -0.1) is 0 Å². The van der Waals surface area contributed by atoms with Crippen molar-refractivity contribution in [3.63, 3.8) is 0 Å². The van der Waals surface area contributed by atoms with E-state index in [1.807, 2.05) is 66.7 Å². The van der Waals surface area contributed by atoms with Crippen molar-refractivity contribution in [1.82, 2.24) is 10.6 Å². The topological polar surface area (TPSA) is 120 Å². The standard InChI is InChI=1S/C38H46N2O7/c1-38(2,3)47-36(43)33(40-37(44)46-26-32-30-19-9-7-17-28(30)29-18-8-10-20-31(29)32)21-13-14-24-39-34(41)22-11-12-23-35(42)45-25-27-15-5-4-6-16-27/h4-10,15-20,32-33H,11-14,21-26H2,1-3H3,(H,39,41)(H,40,44)/t33-/m0/s1. The monoisotopic (exact) mass is 642 g/mol. The molecule has 1 atom stereocenters. The Morgan fingerprint density at radius 1 is 0.745 bits per heavy atom. The summed E-state index contributed by atoms with van der Waals surface area (Å²) in [6, 6.07) is 24.8. The molecular formula is C38H46N2O7. The molecule has 3 aromatic carbocycles. The maximum atomic E-state index is 13.0. The number of rotatable bonds is 16. The van der Waals surface area contributed by atoms with E-state index in [1.54, 1.807) is 20.8 Å². The lowest BCUT2D eigenvalue weighted by molar-refractivity contribution is -0.157. The van der Waals surface area contributed by atoms with Gasteiger partial charge in [-0.25, -0.2) is 9.59 Å². The Bertz CT molecular complexity index is 1450. The molecule has 0 saturated carbocycles. The maximum absolute atomic E-state index is 13.0. The van der Waals surface area contributed by atoms with E-state index in [-0.39, 0.29) is 37.4 Å². The van der Waals surface area contributed by atoms with Crippen molar-refractivity contribution >= 4 is 23.9 Å². The van der Waals surface area contributed by atoms with Crippen LogP contribution in [-0.2, 0) is 35.2 Å². The molecule has 250 valence electrons. The molecule has 47 heavy (non-hydrogen) atoms. The van der Waals surface area contributed by atoms with Crippen molar-refractivity contribution in [2.24, 2.45) is 0 Å². The van der Waals surface area contributed by atoms with Crippen LogP contribution in [0.4, 0.5) is 4.79 Å². The Morgan fingerprint density at radius 2 is 1.36 bits per heavy atom. The first-order valence-corrected chi connectivity index (χ1v) is 16.4. The summed E-state index contributed by atoms with van der Waals surface area (Å²) in [5.74, 6) is -0.994. The van der Waals surface area contributed by atoms with Gasteiger partial charge in [-0.2, -0.15) is 0 Å². The molecular weight excluding hydrogens is 596 g/mol. The molecule has 9 nitrogen and oxygen atoms in total. The molecule has 0 aliphatic heterocycles. The van der Waals surface area contributed by atoms with Crippen molar-refractivity contribution in [3.05, 3.63) is 95.6 Å². The number of nitrogens with one attached hydrogen (secondary N) is 2. The molecule has 0 bridgehead atoms. The Hall–Kier alpha value is -4.66. The largest absolute Gasteiger partial charge is 0.461 e. The smallest absolute Gasteiger partial charge is 0.407 e. The number of carbonyl (C=O) groups excluding carboxylic acids is 4. The number of benzene rings is 3. The van der Waals surface area contributed by atoms with E-state index < -0.39 is 23.7 Å². The highest BCUT2D eigenvalue weighted by atomic mass is 16.6. The zero-order chi connectivity index (χ0) is 33.6. The molecule has 0 unspecified atom stereocenters. The number of alkyl carbamates (subject to hydrolysis) is 1. The van der Waals surface area contributed by atoms with Gasteiger partial charge in [-0.3, -0.25) is 9.59 Å². The summed E-state index contributed by atoms with van der Waals surface area (Å²) < 4.78 is 16.5. The minimum atomic E-state index is -0.887. The number of amides is 2. The highest BCUT2D eigenvalue weighted by molar-refractivity contribution is 5.82. The van der Waals surface area contributed by atoms with Crippen LogP contribution in [0.15, 0.2) is 78.9 Å². The summed E-state index contributed by atoms with van der Waals surface area (Å²) in [6.07, 6.45) is 2.57. The van der Waals surface area contributed by atoms with Gasteiger partial charge in [0, 0.05) is 25.3 Å². The summed E-state index contributed by atoms with van der Waals surface area (Å²) >= 11 is 0. The van der Waals surface area contributed by atoms with Crippen LogP contribution in [0, 0.1) is 0 Å². The summed E-state index contributed by atoms with van der Waals surface area (Å²) in [5, 5.41) is 5.60. The van der Waals surface area contributed by atoms with Crippen LogP contribution in [0.5, 0.6) is 0 Å². The molecule has 4 rings (SSSR count). The van der Waals surface area contributed by atoms with Crippen LogP contribution in [0.3, 0.4) is 0 Å². The van der Waals surface area contributed by atoms with Gasteiger partial charge >= 0.3 is 18.0 Å². The molecule has 2 amide bonds. The van der Waals surface area contributed by atoms with Gasteiger partial charge in [-0.1, -0.05) is 78.9 Å². The Kier molecular flexibility index (Phi) is 13.0. The molecule has 9 heteroatoms. The number of ether oxygens (including phenoxy) is 3. The third-order valence-electron chi connectivity index (χ3n) is 7.85. The lowest BCUT2D eigenvalue weighted by atomic mass is 9.98. The lowest BCUT2D eigenvalue weighted by Gasteiger charge is -2.24. The molecule has 0 spiro atoms. The van der Waals surface area contributed by atoms with Gasteiger partial charge in [0.25, 0.3) is 0 Å². The van der Waals surface area contributed by atoms with Gasteiger partial charge < -0.3 is 24.8 Å². The number of fused-ring (bicyclic) bond motifs is 3. The van der Waals surface area contributed by atoms with Gasteiger partial charge in [0.1, 0.15) is 24.9 Å². The van der Waals surface area contributed by atoms with Crippen LogP contribution in [0.25, 0.3) is 11.1 Å². The van der Waals surface area contributed by atoms with Crippen LogP contribution >= 0.6 is 0 Å². The molecule has 1 aliphatic carbocycles. The Labute approximate surface area is 277 Å². The van der Waals surface area contributed by atoms with E-state index in [9.17, 15) is 19.2 Å². The molecule has 1 aliphatic rings. The van der Waals surface area contributed by atoms with Crippen LogP contribution < -0.4 is 10.6 Å². The number of carbonyl (C=O) groups is 4. The summed E-state index contributed by atoms with van der Waals surface area (Å²) in [5.41, 5.74) is 4.70. The fourth-order valence-electron chi connectivity index (χ4n) is 5.56. The molecule has 2 N–H and O–H groups in total. The van der Waals surface area contributed by atoms with Crippen molar-refractivity contribution in [2.45, 2.75) is 89.9 Å². The van der Waals surface area contributed by atoms with Gasteiger partial charge in [0.05, 0.1) is 0 Å². The minimum Gasteiger partial charge on any atom is -0.461 e. The normalized spacial score (nSPS) is 12.7. The van der Waals surface area contributed by atoms with Crippen LogP contribution in [0.1, 0.15) is 88.3 Å². The first kappa shape index (κ1) is 35.2. The van der Waals surface area contributed by atoms with Crippen LogP contribution in [0.2, 0.25) is 0 Å². The van der Waals surface area contributed by atoms with E-state index >= 15 is 0 Å². The van der Waals surface area contributed by atoms with Crippen molar-refractivity contribution < 1.29 is 33.4 Å². The zero-order valence-corrected chi connectivity index (χ0v) is 27.6. The molecule has 3 aromatic rings. The van der Waals surface area contributed by atoms with Crippen molar-refractivity contribution in [2.75, 3.05) is 13.2 Å². The van der Waals surface area contributed by atoms with E-state index in [0.717, 1.165) is 27.8 Å². The van der Waals surface area contributed by atoms with E-state index in [2.05, 4.69) is 22.8 Å². The molecule has 0 fully saturated rings. The second-order valence-electron chi connectivity index (χ2n) is 12.8. The predicted octanol–water partition coefficient (Wildman–Crippen LogP) is 6.83. The van der Waals surface area contributed by atoms with Gasteiger partial charge in [0.15, 0.2) is 0 Å². The fourth-order valence-corrected chi connectivity index (χ4v) is 5.56. The summed E-state index contributed by atoms with van der Waals surface area (Å²) in [6.45, 7) is 6.15. The van der Waals surface area contributed by atoms with Crippen molar-refractivity contribution in [1.29, 1.82) is 0 Å². The number of hydrogen-bond donors (Lipinski definition) is 2. The Morgan fingerprint density at radius 3 is 2.02 bits per heavy atom. The van der Waals surface area contributed by atoms with Crippen molar-refractivity contribution in [3.8, 4) is 11.1 Å². The number of unbranched alkanes of at least 4 members (excludes halogenated alkanes) is 2. The number of esters is 2. The minimum absolute atomic E-state index is 0.0924. The zero-order valence-electron chi connectivity index (χ0n) is 27.6. The molecule has 0 radical (unpaired) electrons. The van der Waals surface area contributed by atoms with E-state index in [4.69, 9.17) is 14.2 Å². The predicted molar refractivity (Wildman–Crippen MR) is 179 cm³/mol. The van der Waals surface area contributed by atoms with Crippen LogP contribution in [-0.4, -0.2) is 48.7 Å². The fraction of sp³-hybridized carbons (Fsp3) is 0.421. The third kappa shape index (κ3) is 11.3. The average molecular weight is 643 g/mol. The van der Waals surface area contributed by atoms with E-state index in [1.165, 1.54) is 0 Å².